The van der Waals surface area contributed by atoms with Crippen LogP contribution in [0.25, 0.3) is 0 Å². The first kappa shape index (κ1) is 24.1. The normalized spacial score (nSPS) is 21.8. The van der Waals surface area contributed by atoms with Gasteiger partial charge >= 0.3 is 0 Å². The number of thioether (sulfide) groups is 1. The van der Waals surface area contributed by atoms with E-state index in [0.717, 1.165) is 5.56 Å². The molecule has 0 bridgehead atoms. The van der Waals surface area contributed by atoms with E-state index in [2.05, 4.69) is 10.0 Å². The predicted molar refractivity (Wildman–Crippen MR) is 140 cm³/mol. The molecule has 2 N–H and O–H groups in total. The highest BCUT2D eigenvalue weighted by atomic mass is 35.5. The van der Waals surface area contributed by atoms with Crippen molar-refractivity contribution in [2.45, 2.75) is 18.0 Å². The number of hydrogen-bond donors (Lipinski definition) is 2. The lowest BCUT2D eigenvalue weighted by molar-refractivity contribution is 0.472. The van der Waals surface area contributed by atoms with Crippen molar-refractivity contribution in [3.05, 3.63) is 84.9 Å². The Labute approximate surface area is 221 Å². The summed E-state index contributed by atoms with van der Waals surface area (Å²) in [5.74, 6) is 0. The third-order valence-corrected chi connectivity index (χ3v) is 8.98. The van der Waals surface area contributed by atoms with E-state index in [1.165, 1.54) is 11.8 Å². The van der Waals surface area contributed by atoms with Crippen molar-refractivity contribution in [2.75, 3.05) is 11.6 Å². The molecule has 0 aliphatic carbocycles. The maximum atomic E-state index is 13.1. The molecule has 3 aliphatic rings. The van der Waals surface area contributed by atoms with Crippen molar-refractivity contribution in [3.63, 3.8) is 0 Å². The van der Waals surface area contributed by atoms with Gasteiger partial charge in [-0.2, -0.15) is 5.10 Å². The first-order valence-corrected chi connectivity index (χ1v) is 14.0. The molecule has 2 aromatic carbocycles. The second-order valence-electron chi connectivity index (χ2n) is 7.65. The van der Waals surface area contributed by atoms with Gasteiger partial charge in [0.05, 0.1) is 29.0 Å². The van der Waals surface area contributed by atoms with Crippen LogP contribution in [-0.4, -0.2) is 31.1 Å². The van der Waals surface area contributed by atoms with Crippen molar-refractivity contribution in [1.82, 2.24) is 14.9 Å². The van der Waals surface area contributed by atoms with Crippen LogP contribution in [0.5, 0.6) is 0 Å². The molecule has 0 saturated heterocycles. The van der Waals surface area contributed by atoms with E-state index in [1.54, 1.807) is 46.4 Å². The van der Waals surface area contributed by atoms with Crippen molar-refractivity contribution in [2.24, 2.45) is 5.10 Å². The number of rotatable bonds is 6. The summed E-state index contributed by atoms with van der Waals surface area (Å²) in [6.07, 6.45) is 2.16. The Hall–Kier alpha value is -1.59. The molecular formula is C21H17Cl4N5O2S2. The molecule has 0 amide bonds. The minimum absolute atomic E-state index is 0.00846. The fraction of sp³-hybridized carbons (Fsp3) is 0.190. The molecule has 0 fully saturated rings. The average Bonchev–Trinajstić information content (AvgIpc) is 3.47. The van der Waals surface area contributed by atoms with Gasteiger partial charge in [0.2, 0.25) is 0 Å². The van der Waals surface area contributed by atoms with E-state index < -0.39 is 10.0 Å². The van der Waals surface area contributed by atoms with Gasteiger partial charge in [0.1, 0.15) is 5.16 Å². The molecule has 3 aliphatic heterocycles. The lowest BCUT2D eigenvalue weighted by Crippen LogP contribution is -2.35. The molecule has 2 aromatic rings. The van der Waals surface area contributed by atoms with Gasteiger partial charge in [0.25, 0.3) is 10.0 Å². The summed E-state index contributed by atoms with van der Waals surface area (Å²) < 4.78 is 28.8. The van der Waals surface area contributed by atoms with Gasteiger partial charge in [-0.25, -0.2) is 13.1 Å². The van der Waals surface area contributed by atoms with E-state index in [9.17, 15) is 8.42 Å². The molecule has 178 valence electrons. The third kappa shape index (κ3) is 4.63. The molecule has 34 heavy (non-hydrogen) atoms. The Morgan fingerprint density at radius 1 is 1.09 bits per heavy atom. The minimum atomic E-state index is -3.90. The summed E-state index contributed by atoms with van der Waals surface area (Å²) in [4.78, 5) is 1.59. The van der Waals surface area contributed by atoms with Gasteiger partial charge < -0.3 is 10.2 Å². The van der Waals surface area contributed by atoms with Crippen LogP contribution in [0.4, 0.5) is 5.69 Å². The molecule has 2 unspecified atom stereocenters. The van der Waals surface area contributed by atoms with E-state index in [0.29, 0.717) is 32.9 Å². The molecule has 0 aromatic heterocycles. The third-order valence-electron chi connectivity index (χ3n) is 5.46. The van der Waals surface area contributed by atoms with Crippen LogP contribution in [0.3, 0.4) is 0 Å². The number of benzene rings is 2. The standard InChI is InChI=1S/C21H17Cl4N5O2S2/c22-13-3-1-12(2-4-13)18-10-15(28-30(18)17-6-5-14(23)9-16(17)24)11-26-34(31,32)20-19(25)27-21-29(20)7-8-33-21/h1-9,18,21,26-27H,10-11H2. The lowest BCUT2D eigenvalue weighted by Gasteiger charge is -2.25. The second-order valence-corrected chi connectivity index (χ2v) is 12.0. The van der Waals surface area contributed by atoms with Crippen LogP contribution in [0.15, 0.2) is 69.4 Å². The van der Waals surface area contributed by atoms with Crippen LogP contribution in [0, 0.1) is 0 Å². The van der Waals surface area contributed by atoms with Gasteiger partial charge in [-0.3, -0.25) is 5.01 Å². The lowest BCUT2D eigenvalue weighted by atomic mass is 10.0. The van der Waals surface area contributed by atoms with E-state index in [-0.39, 0.29) is 28.3 Å². The van der Waals surface area contributed by atoms with Crippen molar-refractivity contribution in [3.8, 4) is 0 Å². The van der Waals surface area contributed by atoms with Gasteiger partial charge in [-0.15, -0.1) is 0 Å². The van der Waals surface area contributed by atoms with E-state index >= 15 is 0 Å². The number of hydrogen-bond acceptors (Lipinski definition) is 7. The zero-order valence-electron chi connectivity index (χ0n) is 17.3. The molecular weight excluding hydrogens is 560 g/mol. The predicted octanol–water partition coefficient (Wildman–Crippen LogP) is 5.65. The SMILES string of the molecule is O=S(=O)(NCC1=NN(c2ccc(Cl)cc2Cl)C(c2ccc(Cl)cc2)C1)C1=C(Cl)NC2SC=CN12. The number of anilines is 1. The summed E-state index contributed by atoms with van der Waals surface area (Å²) in [7, 11) is -3.90. The molecule has 0 saturated carbocycles. The quantitative estimate of drug-likeness (QED) is 0.433. The maximum Gasteiger partial charge on any atom is 0.259 e. The Morgan fingerprint density at radius 2 is 1.82 bits per heavy atom. The fourth-order valence-electron chi connectivity index (χ4n) is 3.90. The number of halogens is 4. The van der Waals surface area contributed by atoms with Crippen molar-refractivity contribution >= 4 is 79.6 Å². The first-order valence-electron chi connectivity index (χ1n) is 10.1. The van der Waals surface area contributed by atoms with Crippen molar-refractivity contribution in [1.29, 1.82) is 0 Å². The Morgan fingerprint density at radius 3 is 2.56 bits per heavy atom. The van der Waals surface area contributed by atoms with Crippen molar-refractivity contribution < 1.29 is 8.42 Å². The zero-order valence-corrected chi connectivity index (χ0v) is 21.9. The van der Waals surface area contributed by atoms with E-state index in [4.69, 9.17) is 51.5 Å². The summed E-state index contributed by atoms with van der Waals surface area (Å²) >= 11 is 26.2. The second kappa shape index (κ2) is 9.46. The Kier molecular flexibility index (Phi) is 6.71. The number of sulfonamides is 1. The summed E-state index contributed by atoms with van der Waals surface area (Å²) in [5.41, 5.74) is 2.00. The number of nitrogens with zero attached hydrogens (tertiary/aromatic N) is 3. The molecule has 13 heteroatoms. The molecule has 3 heterocycles. The molecule has 7 nitrogen and oxygen atoms in total. The van der Waals surface area contributed by atoms with Crippen LogP contribution < -0.4 is 15.0 Å². The summed E-state index contributed by atoms with van der Waals surface area (Å²) in [6.45, 7) is 0.0111. The monoisotopic (exact) mass is 575 g/mol. The maximum absolute atomic E-state index is 13.1. The van der Waals surface area contributed by atoms with Gasteiger partial charge in [-0.1, -0.05) is 70.3 Å². The Balaban J connectivity index is 1.41. The highest BCUT2D eigenvalue weighted by Gasteiger charge is 2.40. The highest BCUT2D eigenvalue weighted by Crippen LogP contribution is 2.40. The Bertz CT molecular complexity index is 1330. The minimum Gasteiger partial charge on any atom is -0.344 e. The largest absolute Gasteiger partial charge is 0.344 e. The van der Waals surface area contributed by atoms with Crippen LogP contribution in [0.2, 0.25) is 15.1 Å². The molecule has 5 rings (SSSR count). The topological polar surface area (TPSA) is 77.0 Å². The summed E-state index contributed by atoms with van der Waals surface area (Å²) in [5, 5.41) is 12.9. The first-order chi connectivity index (χ1) is 16.2. The molecule has 0 spiro atoms. The van der Waals surface area contributed by atoms with Crippen LogP contribution in [-0.2, 0) is 10.0 Å². The number of fused-ring (bicyclic) bond motifs is 1. The number of nitrogens with one attached hydrogen (secondary N) is 2. The number of hydrazone groups is 1. The fourth-order valence-corrected chi connectivity index (χ4v) is 7.23. The van der Waals surface area contributed by atoms with Crippen LogP contribution in [0.1, 0.15) is 18.0 Å². The highest BCUT2D eigenvalue weighted by molar-refractivity contribution is 8.03. The van der Waals surface area contributed by atoms with Crippen LogP contribution >= 0.6 is 58.2 Å². The summed E-state index contributed by atoms with van der Waals surface area (Å²) in [6, 6.07) is 12.4. The van der Waals surface area contributed by atoms with Gasteiger partial charge in [-0.05, 0) is 41.3 Å². The average molecular weight is 577 g/mol. The van der Waals surface area contributed by atoms with Gasteiger partial charge in [0.15, 0.2) is 10.5 Å². The molecule has 2 atom stereocenters. The molecule has 0 radical (unpaired) electrons. The zero-order chi connectivity index (χ0) is 24.0. The van der Waals surface area contributed by atoms with Gasteiger partial charge in [0, 0.05) is 22.7 Å². The van der Waals surface area contributed by atoms with E-state index in [1.807, 2.05) is 17.5 Å². The smallest absolute Gasteiger partial charge is 0.259 e.